The van der Waals surface area contributed by atoms with E-state index in [9.17, 15) is 14.9 Å². The highest BCUT2D eigenvalue weighted by Gasteiger charge is 2.12. The first-order chi connectivity index (χ1) is 15.4. The minimum Gasteiger partial charge on any atom is -0.465 e. The van der Waals surface area contributed by atoms with Crippen molar-refractivity contribution in [3.8, 4) is 6.07 Å². The number of amides is 1. The summed E-state index contributed by atoms with van der Waals surface area (Å²) >= 11 is 12.6. The van der Waals surface area contributed by atoms with Gasteiger partial charge >= 0.3 is 5.97 Å². The van der Waals surface area contributed by atoms with Gasteiger partial charge in [0.2, 0.25) is 0 Å². The summed E-state index contributed by atoms with van der Waals surface area (Å²) in [6.07, 6.45) is 2.03. The molecule has 7 heteroatoms. The van der Waals surface area contributed by atoms with Crippen molar-refractivity contribution in [1.82, 2.24) is 0 Å². The number of ether oxygens (including phenoxy) is 1. The average Bonchev–Trinajstić information content (AvgIpc) is 2.80. The molecule has 0 fully saturated rings. The Morgan fingerprint density at radius 3 is 2.31 bits per heavy atom. The van der Waals surface area contributed by atoms with E-state index in [2.05, 4.69) is 10.1 Å². The summed E-state index contributed by atoms with van der Waals surface area (Å²) in [4.78, 5) is 24.0. The number of nitrogens with one attached hydrogen (secondary N) is 1. The summed E-state index contributed by atoms with van der Waals surface area (Å²) in [6.45, 7) is 0. The zero-order chi connectivity index (χ0) is 23.1. The van der Waals surface area contributed by atoms with Crippen molar-refractivity contribution < 1.29 is 14.3 Å². The quantitative estimate of drug-likeness (QED) is 0.279. The third-order valence-electron chi connectivity index (χ3n) is 4.66. The van der Waals surface area contributed by atoms with Gasteiger partial charge in [-0.15, -0.1) is 0 Å². The molecular formula is C25H18Cl2N2O3. The largest absolute Gasteiger partial charge is 0.465 e. The second-order valence-electron chi connectivity index (χ2n) is 6.81. The van der Waals surface area contributed by atoms with Gasteiger partial charge < -0.3 is 10.1 Å². The number of hydrogen-bond acceptors (Lipinski definition) is 4. The molecule has 0 aliphatic carbocycles. The van der Waals surface area contributed by atoms with Gasteiger partial charge in [0, 0.05) is 22.2 Å². The van der Waals surface area contributed by atoms with Crippen LogP contribution in [0.5, 0.6) is 0 Å². The number of anilines is 1. The maximum absolute atomic E-state index is 12.5. The summed E-state index contributed by atoms with van der Waals surface area (Å²) < 4.78 is 4.64. The maximum Gasteiger partial charge on any atom is 0.337 e. The van der Waals surface area contributed by atoms with Crippen LogP contribution in [0.3, 0.4) is 0 Å². The van der Waals surface area contributed by atoms with Gasteiger partial charge in [-0.2, -0.15) is 5.26 Å². The van der Waals surface area contributed by atoms with Gasteiger partial charge in [-0.3, -0.25) is 4.79 Å². The van der Waals surface area contributed by atoms with E-state index < -0.39 is 11.9 Å². The fourth-order valence-corrected chi connectivity index (χ4v) is 3.42. The molecule has 0 unspecified atom stereocenters. The van der Waals surface area contributed by atoms with Gasteiger partial charge in [0.25, 0.3) is 5.91 Å². The molecule has 0 spiro atoms. The molecule has 160 valence electrons. The Labute approximate surface area is 195 Å². The smallest absolute Gasteiger partial charge is 0.337 e. The Hall–Kier alpha value is -3.59. The third-order valence-corrected chi connectivity index (χ3v) is 5.38. The Morgan fingerprint density at radius 1 is 1.00 bits per heavy atom. The van der Waals surface area contributed by atoms with E-state index >= 15 is 0 Å². The number of rotatable bonds is 6. The Bertz CT molecular complexity index is 1230. The van der Waals surface area contributed by atoms with E-state index in [1.165, 1.54) is 25.3 Å². The van der Waals surface area contributed by atoms with E-state index in [1.54, 1.807) is 24.3 Å². The normalized spacial score (nSPS) is 10.9. The van der Waals surface area contributed by atoms with Crippen LogP contribution in [0, 0.1) is 11.3 Å². The lowest BCUT2D eigenvalue weighted by Crippen LogP contribution is -2.13. The van der Waals surface area contributed by atoms with Gasteiger partial charge in [-0.05, 0) is 59.2 Å². The Balaban J connectivity index is 1.74. The van der Waals surface area contributed by atoms with Crippen LogP contribution in [0.25, 0.3) is 6.08 Å². The number of esters is 1. The van der Waals surface area contributed by atoms with Crippen molar-refractivity contribution in [2.45, 2.75) is 6.42 Å². The third kappa shape index (κ3) is 5.76. The van der Waals surface area contributed by atoms with Crippen LogP contribution in [0.4, 0.5) is 5.69 Å². The summed E-state index contributed by atoms with van der Waals surface area (Å²) in [5.74, 6) is -1.05. The predicted molar refractivity (Wildman–Crippen MR) is 126 cm³/mol. The molecule has 1 N–H and O–H groups in total. The zero-order valence-corrected chi connectivity index (χ0v) is 18.6. The standard InChI is InChI=1S/C25H18Cl2N2O3/c1-32-25(31)17-8-10-21(11-9-17)29-24(30)20(15-28)12-16-6-7-19(23(27)13-16)14-18-4-2-3-5-22(18)26/h2-13H,14H2,1H3,(H,29,30)/b20-12+. The summed E-state index contributed by atoms with van der Waals surface area (Å²) in [5.41, 5.74) is 3.16. The van der Waals surface area contributed by atoms with E-state index in [1.807, 2.05) is 36.4 Å². The van der Waals surface area contributed by atoms with Crippen LogP contribution in [0.1, 0.15) is 27.0 Å². The first kappa shape index (κ1) is 23.1. The molecule has 3 rings (SSSR count). The molecule has 3 aromatic carbocycles. The summed E-state index contributed by atoms with van der Waals surface area (Å²) in [6, 6.07) is 20.9. The number of nitriles is 1. The van der Waals surface area contributed by atoms with Crippen molar-refractivity contribution in [2.24, 2.45) is 0 Å². The van der Waals surface area contributed by atoms with Crippen LogP contribution in [0.2, 0.25) is 10.0 Å². The van der Waals surface area contributed by atoms with Crippen molar-refractivity contribution in [2.75, 3.05) is 12.4 Å². The highest BCUT2D eigenvalue weighted by molar-refractivity contribution is 6.32. The van der Waals surface area contributed by atoms with Crippen molar-refractivity contribution in [1.29, 1.82) is 5.26 Å². The molecule has 0 saturated heterocycles. The maximum atomic E-state index is 12.5. The number of methoxy groups -OCH3 is 1. The fourth-order valence-electron chi connectivity index (χ4n) is 2.96. The van der Waals surface area contributed by atoms with Crippen LogP contribution >= 0.6 is 23.2 Å². The van der Waals surface area contributed by atoms with Crippen LogP contribution in [-0.2, 0) is 16.0 Å². The molecule has 1 amide bonds. The van der Waals surface area contributed by atoms with E-state index in [4.69, 9.17) is 23.2 Å². The molecule has 0 heterocycles. The molecule has 0 aliphatic heterocycles. The average molecular weight is 465 g/mol. The van der Waals surface area contributed by atoms with Gasteiger partial charge in [-0.1, -0.05) is 53.5 Å². The number of carbonyl (C=O) groups excluding carboxylic acids is 2. The molecule has 0 radical (unpaired) electrons. The van der Waals surface area contributed by atoms with Gasteiger partial charge in [0.1, 0.15) is 11.6 Å². The van der Waals surface area contributed by atoms with Crippen LogP contribution in [0.15, 0.2) is 72.3 Å². The Morgan fingerprint density at radius 2 is 1.69 bits per heavy atom. The number of nitrogens with zero attached hydrogens (tertiary/aromatic N) is 1. The Kier molecular flexibility index (Phi) is 7.67. The van der Waals surface area contributed by atoms with Gasteiger partial charge in [-0.25, -0.2) is 4.79 Å². The lowest BCUT2D eigenvalue weighted by Gasteiger charge is -2.08. The minimum absolute atomic E-state index is 0.0861. The second kappa shape index (κ2) is 10.6. The number of benzene rings is 3. The van der Waals surface area contributed by atoms with E-state index in [0.29, 0.717) is 33.3 Å². The summed E-state index contributed by atoms with van der Waals surface area (Å²) in [5, 5.41) is 13.3. The SMILES string of the molecule is COC(=O)c1ccc(NC(=O)/C(C#N)=C/c2ccc(Cc3ccccc3Cl)c(Cl)c2)cc1. The van der Waals surface area contributed by atoms with Crippen molar-refractivity contribution >= 4 is 46.8 Å². The van der Waals surface area contributed by atoms with Crippen LogP contribution in [-0.4, -0.2) is 19.0 Å². The van der Waals surface area contributed by atoms with E-state index in [-0.39, 0.29) is 5.57 Å². The van der Waals surface area contributed by atoms with Gasteiger partial charge in [0.05, 0.1) is 12.7 Å². The highest BCUT2D eigenvalue weighted by Crippen LogP contribution is 2.25. The highest BCUT2D eigenvalue weighted by atomic mass is 35.5. The topological polar surface area (TPSA) is 79.2 Å². The molecule has 0 aromatic heterocycles. The molecule has 3 aromatic rings. The lowest BCUT2D eigenvalue weighted by atomic mass is 10.0. The van der Waals surface area contributed by atoms with Gasteiger partial charge in [0.15, 0.2) is 0 Å². The molecule has 32 heavy (non-hydrogen) atoms. The lowest BCUT2D eigenvalue weighted by molar-refractivity contribution is -0.112. The van der Waals surface area contributed by atoms with Crippen molar-refractivity contribution in [3.05, 3.63) is 105 Å². The monoisotopic (exact) mass is 464 g/mol. The molecule has 0 atom stereocenters. The summed E-state index contributed by atoms with van der Waals surface area (Å²) in [7, 11) is 1.29. The molecule has 5 nitrogen and oxygen atoms in total. The first-order valence-electron chi connectivity index (χ1n) is 9.54. The fraction of sp³-hybridized carbons (Fsp3) is 0.0800. The number of carbonyl (C=O) groups is 2. The minimum atomic E-state index is -0.574. The van der Waals surface area contributed by atoms with Crippen LogP contribution < -0.4 is 5.32 Å². The van der Waals surface area contributed by atoms with E-state index in [0.717, 1.165) is 11.1 Å². The number of halogens is 2. The first-order valence-corrected chi connectivity index (χ1v) is 10.3. The van der Waals surface area contributed by atoms with Crippen molar-refractivity contribution in [3.63, 3.8) is 0 Å². The molecule has 0 saturated carbocycles. The number of hydrogen-bond donors (Lipinski definition) is 1. The predicted octanol–water partition coefficient (Wildman–Crippen LogP) is 5.92. The second-order valence-corrected chi connectivity index (χ2v) is 7.63. The zero-order valence-electron chi connectivity index (χ0n) is 17.1. The molecule has 0 aliphatic rings. The molecular weight excluding hydrogens is 447 g/mol. The molecule has 0 bridgehead atoms.